The van der Waals surface area contributed by atoms with E-state index in [-0.39, 0.29) is 16.9 Å². The number of urea groups is 1. The lowest BCUT2D eigenvalue weighted by Crippen LogP contribution is -2.43. The Morgan fingerprint density at radius 1 is 1.38 bits per heavy atom. The molecular formula is C14H19N3O3S. The van der Waals surface area contributed by atoms with Gasteiger partial charge in [-0.1, -0.05) is 25.1 Å². The van der Waals surface area contributed by atoms with Gasteiger partial charge in [-0.05, 0) is 31.9 Å². The molecule has 2 rings (SSSR count). The van der Waals surface area contributed by atoms with Crippen LogP contribution in [0.4, 0.5) is 4.79 Å². The molecule has 2 unspecified atom stereocenters. The smallest absolute Gasteiger partial charge is 0.246 e. The molecule has 1 N–H and O–H groups in total. The molecular weight excluding hydrogens is 290 g/mol. The fourth-order valence-electron chi connectivity index (χ4n) is 2.33. The lowest BCUT2D eigenvalue weighted by Gasteiger charge is -2.22. The Morgan fingerprint density at radius 2 is 2.05 bits per heavy atom. The first-order chi connectivity index (χ1) is 9.86. The Bertz CT molecular complexity index is 670. The summed E-state index contributed by atoms with van der Waals surface area (Å²) in [5.41, 5.74) is 0.585. The monoisotopic (exact) mass is 309 g/mol. The summed E-state index contributed by atoms with van der Waals surface area (Å²) in [6.07, 6.45) is 2.53. The highest BCUT2D eigenvalue weighted by atomic mass is 32.2. The summed E-state index contributed by atoms with van der Waals surface area (Å²) in [5, 5.41) is 5.19. The van der Waals surface area contributed by atoms with E-state index in [2.05, 4.69) is 9.82 Å². The minimum absolute atomic E-state index is 0.0984. The van der Waals surface area contributed by atoms with Crippen molar-refractivity contribution < 1.29 is 13.2 Å². The average molecular weight is 309 g/mol. The first kappa shape index (κ1) is 15.5. The van der Waals surface area contributed by atoms with Gasteiger partial charge in [-0.3, -0.25) is 0 Å². The SMILES string of the molecule is CCC1C=NN(C(=O)NS(=O)(=O)c2ccccc2C)C1C. The van der Waals surface area contributed by atoms with Crippen LogP contribution in [0.2, 0.25) is 0 Å². The van der Waals surface area contributed by atoms with Crippen LogP contribution in [0.3, 0.4) is 0 Å². The Labute approximate surface area is 124 Å². The van der Waals surface area contributed by atoms with Crippen LogP contribution in [-0.2, 0) is 10.0 Å². The number of nitrogens with one attached hydrogen (secondary N) is 1. The lowest BCUT2D eigenvalue weighted by molar-refractivity contribution is 0.186. The molecule has 1 aliphatic heterocycles. The molecule has 7 heteroatoms. The van der Waals surface area contributed by atoms with E-state index in [4.69, 9.17) is 0 Å². The topological polar surface area (TPSA) is 78.8 Å². The number of hydrogen-bond donors (Lipinski definition) is 1. The van der Waals surface area contributed by atoms with Gasteiger partial charge in [0.15, 0.2) is 0 Å². The van der Waals surface area contributed by atoms with E-state index in [0.29, 0.717) is 5.56 Å². The molecule has 0 radical (unpaired) electrons. The predicted molar refractivity (Wildman–Crippen MR) is 80.5 cm³/mol. The second-order valence-electron chi connectivity index (χ2n) is 5.10. The lowest BCUT2D eigenvalue weighted by atomic mass is 10.0. The van der Waals surface area contributed by atoms with Crippen molar-refractivity contribution in [2.45, 2.75) is 38.1 Å². The number of hydrogen-bond acceptors (Lipinski definition) is 4. The Balaban J connectivity index is 2.17. The van der Waals surface area contributed by atoms with Crippen LogP contribution in [0.5, 0.6) is 0 Å². The number of sulfonamides is 1. The van der Waals surface area contributed by atoms with E-state index < -0.39 is 16.1 Å². The highest BCUT2D eigenvalue weighted by molar-refractivity contribution is 7.90. The Hall–Kier alpha value is -1.89. The molecule has 0 fully saturated rings. The van der Waals surface area contributed by atoms with Crippen molar-refractivity contribution in [3.05, 3.63) is 29.8 Å². The summed E-state index contributed by atoms with van der Waals surface area (Å²) in [6, 6.07) is 5.64. The van der Waals surface area contributed by atoms with Gasteiger partial charge in [0.05, 0.1) is 10.9 Å². The van der Waals surface area contributed by atoms with E-state index in [9.17, 15) is 13.2 Å². The molecule has 0 aliphatic carbocycles. The molecule has 1 aromatic rings. The summed E-state index contributed by atoms with van der Waals surface area (Å²) in [7, 11) is -3.89. The first-order valence-electron chi connectivity index (χ1n) is 6.82. The zero-order valence-corrected chi connectivity index (χ0v) is 13.1. The number of benzene rings is 1. The van der Waals surface area contributed by atoms with E-state index in [1.54, 1.807) is 31.3 Å². The number of rotatable bonds is 3. The summed E-state index contributed by atoms with van der Waals surface area (Å²) in [5.74, 6) is 0.150. The zero-order valence-electron chi connectivity index (χ0n) is 12.3. The van der Waals surface area contributed by atoms with Crippen LogP contribution in [-0.4, -0.2) is 31.7 Å². The summed E-state index contributed by atoms with van der Waals surface area (Å²) in [4.78, 5) is 12.2. The Morgan fingerprint density at radius 3 is 2.62 bits per heavy atom. The third-order valence-electron chi connectivity index (χ3n) is 3.67. The van der Waals surface area contributed by atoms with E-state index in [1.807, 2.05) is 13.8 Å². The van der Waals surface area contributed by atoms with Crippen LogP contribution in [0.15, 0.2) is 34.3 Å². The number of hydrazone groups is 1. The number of carbonyl (C=O) groups is 1. The molecule has 0 saturated heterocycles. The van der Waals surface area contributed by atoms with Crippen molar-refractivity contribution in [3.63, 3.8) is 0 Å². The maximum Gasteiger partial charge on any atom is 0.351 e. The molecule has 2 atom stereocenters. The van der Waals surface area contributed by atoms with Crippen LogP contribution in [0, 0.1) is 12.8 Å². The number of aryl methyl sites for hydroxylation is 1. The molecule has 0 saturated carbocycles. The maximum atomic E-state index is 12.3. The normalized spacial score (nSPS) is 21.6. The van der Waals surface area contributed by atoms with Gasteiger partial charge in [-0.25, -0.2) is 22.9 Å². The molecule has 6 nitrogen and oxygen atoms in total. The molecule has 0 bridgehead atoms. The molecule has 1 aliphatic rings. The molecule has 1 aromatic carbocycles. The first-order valence-corrected chi connectivity index (χ1v) is 8.31. The van der Waals surface area contributed by atoms with E-state index in [1.165, 1.54) is 11.1 Å². The van der Waals surface area contributed by atoms with Crippen LogP contribution >= 0.6 is 0 Å². The maximum absolute atomic E-state index is 12.3. The number of amides is 2. The Kier molecular flexibility index (Phi) is 4.32. The molecule has 21 heavy (non-hydrogen) atoms. The fourth-order valence-corrected chi connectivity index (χ4v) is 3.51. The van der Waals surface area contributed by atoms with Crippen LogP contribution in [0.1, 0.15) is 25.8 Å². The van der Waals surface area contributed by atoms with Gasteiger partial charge in [0.25, 0.3) is 10.0 Å². The molecule has 1 heterocycles. The number of carbonyl (C=O) groups excluding carboxylic acids is 1. The average Bonchev–Trinajstić information content (AvgIpc) is 2.79. The van der Waals surface area contributed by atoms with E-state index in [0.717, 1.165) is 6.42 Å². The largest absolute Gasteiger partial charge is 0.351 e. The third kappa shape index (κ3) is 3.07. The van der Waals surface area contributed by atoms with Crippen molar-refractivity contribution in [2.75, 3.05) is 0 Å². The van der Waals surface area contributed by atoms with Gasteiger partial charge in [-0.2, -0.15) is 5.10 Å². The van der Waals surface area contributed by atoms with Gasteiger partial charge >= 0.3 is 6.03 Å². The highest BCUT2D eigenvalue weighted by Gasteiger charge is 2.32. The fraction of sp³-hybridized carbons (Fsp3) is 0.429. The standard InChI is InChI=1S/C14H19N3O3S/c1-4-12-9-15-17(11(12)3)14(18)16-21(19,20)13-8-6-5-7-10(13)2/h5-9,11-12H,4H2,1-3H3,(H,16,18). The summed E-state index contributed by atoms with van der Waals surface area (Å²) in [6.45, 7) is 5.53. The van der Waals surface area contributed by atoms with Gasteiger partial charge < -0.3 is 0 Å². The molecule has 114 valence electrons. The van der Waals surface area contributed by atoms with Crippen molar-refractivity contribution >= 4 is 22.3 Å². The van der Waals surface area contributed by atoms with Crippen LogP contribution in [0.25, 0.3) is 0 Å². The molecule has 0 spiro atoms. The third-order valence-corrected chi connectivity index (χ3v) is 5.15. The molecule has 2 amide bonds. The minimum Gasteiger partial charge on any atom is -0.246 e. The minimum atomic E-state index is -3.89. The number of nitrogens with zero attached hydrogens (tertiary/aromatic N) is 2. The summed E-state index contributed by atoms with van der Waals surface area (Å²) >= 11 is 0. The summed E-state index contributed by atoms with van der Waals surface area (Å²) < 4.78 is 26.6. The zero-order chi connectivity index (χ0) is 15.6. The van der Waals surface area contributed by atoms with Crippen LogP contribution < -0.4 is 4.72 Å². The van der Waals surface area contributed by atoms with Crippen molar-refractivity contribution in [3.8, 4) is 0 Å². The highest BCUT2D eigenvalue weighted by Crippen LogP contribution is 2.21. The van der Waals surface area contributed by atoms with Crippen molar-refractivity contribution in [2.24, 2.45) is 11.0 Å². The van der Waals surface area contributed by atoms with Crippen molar-refractivity contribution in [1.29, 1.82) is 0 Å². The van der Waals surface area contributed by atoms with Gasteiger partial charge in [0, 0.05) is 12.1 Å². The van der Waals surface area contributed by atoms with Crippen molar-refractivity contribution in [1.82, 2.24) is 9.73 Å². The quantitative estimate of drug-likeness (QED) is 0.928. The van der Waals surface area contributed by atoms with Gasteiger partial charge in [0.1, 0.15) is 0 Å². The predicted octanol–water partition coefficient (Wildman–Crippen LogP) is 2.11. The van der Waals surface area contributed by atoms with Gasteiger partial charge in [-0.15, -0.1) is 0 Å². The molecule has 0 aromatic heterocycles. The van der Waals surface area contributed by atoms with Gasteiger partial charge in [0.2, 0.25) is 0 Å². The second-order valence-corrected chi connectivity index (χ2v) is 6.75. The van der Waals surface area contributed by atoms with E-state index >= 15 is 0 Å². The second kappa shape index (κ2) is 5.85.